The number of phosphoric acid groups is 2. The Morgan fingerprint density at radius 3 is 0.689 bits per heavy atom. The van der Waals surface area contributed by atoms with E-state index < -0.39 is 97.5 Å². The molecule has 0 rings (SSSR count). The number of hydrogen-bond donors (Lipinski definition) is 3. The maximum absolute atomic E-state index is 13.1. The first kappa shape index (κ1) is 101. The van der Waals surface area contributed by atoms with Crippen molar-refractivity contribution in [3.8, 4) is 0 Å². The van der Waals surface area contributed by atoms with Gasteiger partial charge in [-0.1, -0.05) is 401 Å². The molecule has 0 aromatic heterocycles. The van der Waals surface area contributed by atoms with E-state index in [0.717, 1.165) is 102 Å². The van der Waals surface area contributed by atoms with E-state index in [0.29, 0.717) is 25.7 Å². The molecule has 103 heavy (non-hydrogen) atoms. The predicted octanol–water partition coefficient (Wildman–Crippen LogP) is 25.6. The SMILES string of the molecule is CCCCCCCCCCCCCCCCCCCCCCC(=O)O[C@H](COC(=O)CCCCCCCCCCCCCCCCCCC)COP(=O)(O)OC[C@@H](O)COP(=O)(O)OC[C@@H](COC(=O)CCCCCCCCC(C)CC)OC(=O)CCCCCCCCCCCCCCCCCC. The number of unbranched alkanes of at least 4 members (excludes halogenated alkanes) is 55. The fraction of sp³-hybridized carbons (Fsp3) is 0.952. The third kappa shape index (κ3) is 76.6. The molecule has 3 unspecified atom stereocenters. The number of carbonyl (C=O) groups excluding carboxylic acids is 4. The predicted molar refractivity (Wildman–Crippen MR) is 423 cm³/mol. The third-order valence-electron chi connectivity index (χ3n) is 20.1. The molecule has 0 aromatic carbocycles. The largest absolute Gasteiger partial charge is 0.472 e. The van der Waals surface area contributed by atoms with E-state index in [4.69, 9.17) is 37.0 Å². The van der Waals surface area contributed by atoms with E-state index >= 15 is 0 Å². The minimum atomic E-state index is -4.96. The van der Waals surface area contributed by atoms with Crippen molar-refractivity contribution < 1.29 is 80.2 Å². The van der Waals surface area contributed by atoms with Crippen LogP contribution in [0.5, 0.6) is 0 Å². The van der Waals surface area contributed by atoms with Gasteiger partial charge in [0, 0.05) is 25.7 Å². The molecule has 0 amide bonds. The summed E-state index contributed by atoms with van der Waals surface area (Å²) in [7, 11) is -9.92. The van der Waals surface area contributed by atoms with Crippen molar-refractivity contribution in [3.05, 3.63) is 0 Å². The minimum Gasteiger partial charge on any atom is -0.462 e. The van der Waals surface area contributed by atoms with E-state index in [1.807, 2.05) is 0 Å². The summed E-state index contributed by atoms with van der Waals surface area (Å²) in [5, 5.41) is 10.7. The van der Waals surface area contributed by atoms with Gasteiger partial charge in [0.1, 0.15) is 19.3 Å². The van der Waals surface area contributed by atoms with Crippen LogP contribution in [0.25, 0.3) is 0 Å². The summed E-state index contributed by atoms with van der Waals surface area (Å²) in [6.07, 6.45) is 69.5. The smallest absolute Gasteiger partial charge is 0.462 e. The molecule has 0 aliphatic heterocycles. The van der Waals surface area contributed by atoms with Crippen molar-refractivity contribution in [2.45, 2.75) is 470 Å². The first-order valence-corrected chi connectivity index (χ1v) is 46.7. The van der Waals surface area contributed by atoms with Gasteiger partial charge in [0.2, 0.25) is 0 Å². The van der Waals surface area contributed by atoms with Gasteiger partial charge in [0.15, 0.2) is 12.2 Å². The average molecular weight is 1510 g/mol. The molecule has 0 spiro atoms. The van der Waals surface area contributed by atoms with Gasteiger partial charge in [0.25, 0.3) is 0 Å². The standard InChI is InChI=1S/C84H164O17P2/c1-6-10-13-16-19-22-25-28-31-34-35-36-38-41-44-47-50-53-60-65-69-83(88)100-79(73-94-81(86)67-62-57-51-48-45-42-40-37-32-29-26-23-20-17-14-11-7-2)75-98-102(90,91)96-71-78(85)72-97-103(92,93)99-76-80(74-95-82(87)68-63-58-55-54-56-61-66-77(5)9-4)101-84(89)70-64-59-52-49-46-43-39-33-30-27-24-21-18-15-12-8-3/h77-80,85H,6-76H2,1-5H3,(H,90,91)(H,92,93)/t77?,78-,79-,80-/m1/s1. The number of phosphoric ester groups is 2. The first-order valence-electron chi connectivity index (χ1n) is 43.7. The van der Waals surface area contributed by atoms with Gasteiger partial charge in [-0.15, -0.1) is 0 Å². The Labute approximate surface area is 632 Å². The molecule has 0 saturated carbocycles. The van der Waals surface area contributed by atoms with Crippen molar-refractivity contribution in [3.63, 3.8) is 0 Å². The van der Waals surface area contributed by atoms with Crippen LogP contribution in [0, 0.1) is 5.92 Å². The van der Waals surface area contributed by atoms with Crippen LogP contribution in [0.15, 0.2) is 0 Å². The summed E-state index contributed by atoms with van der Waals surface area (Å²) in [5.41, 5.74) is 0. The van der Waals surface area contributed by atoms with Crippen LogP contribution in [0.2, 0.25) is 0 Å². The summed E-state index contributed by atoms with van der Waals surface area (Å²) < 4.78 is 68.8. The Bertz CT molecular complexity index is 1960. The van der Waals surface area contributed by atoms with Gasteiger partial charge in [-0.25, -0.2) is 9.13 Å². The highest BCUT2D eigenvalue weighted by atomic mass is 31.2. The highest BCUT2D eigenvalue weighted by molar-refractivity contribution is 7.47. The van der Waals surface area contributed by atoms with E-state index in [1.54, 1.807) is 0 Å². The van der Waals surface area contributed by atoms with Crippen molar-refractivity contribution in [2.75, 3.05) is 39.6 Å². The lowest BCUT2D eigenvalue weighted by molar-refractivity contribution is -0.161. The topological polar surface area (TPSA) is 237 Å². The zero-order valence-electron chi connectivity index (χ0n) is 67.5. The lowest BCUT2D eigenvalue weighted by Crippen LogP contribution is -2.30. The molecule has 0 aliphatic rings. The zero-order chi connectivity index (χ0) is 75.5. The van der Waals surface area contributed by atoms with Gasteiger partial charge in [-0.3, -0.25) is 37.3 Å². The lowest BCUT2D eigenvalue weighted by atomic mass is 10.00. The van der Waals surface area contributed by atoms with E-state index in [1.165, 1.54) is 270 Å². The monoisotopic (exact) mass is 1510 g/mol. The minimum absolute atomic E-state index is 0.108. The molecule has 3 N–H and O–H groups in total. The number of aliphatic hydroxyl groups is 1. The Hall–Kier alpha value is -1.94. The van der Waals surface area contributed by atoms with Crippen LogP contribution in [-0.4, -0.2) is 96.7 Å². The second-order valence-corrected chi connectivity index (χ2v) is 33.4. The normalized spacial score (nSPS) is 14.1. The average Bonchev–Trinajstić information content (AvgIpc) is 0.953. The number of ether oxygens (including phenoxy) is 4. The van der Waals surface area contributed by atoms with Crippen molar-refractivity contribution in [1.82, 2.24) is 0 Å². The first-order chi connectivity index (χ1) is 50.1. The Morgan fingerprint density at radius 2 is 0.466 bits per heavy atom. The fourth-order valence-electron chi connectivity index (χ4n) is 13.1. The number of hydrogen-bond acceptors (Lipinski definition) is 15. The molecule has 0 bridgehead atoms. The molecule has 19 heteroatoms. The molecule has 17 nitrogen and oxygen atoms in total. The van der Waals surface area contributed by atoms with Crippen LogP contribution >= 0.6 is 15.6 Å². The highest BCUT2D eigenvalue weighted by Gasteiger charge is 2.30. The van der Waals surface area contributed by atoms with Crippen LogP contribution in [0.3, 0.4) is 0 Å². The summed E-state index contributed by atoms with van der Waals surface area (Å²) in [5.74, 6) is -1.37. The Kier molecular flexibility index (Phi) is 75.4. The van der Waals surface area contributed by atoms with Crippen LogP contribution in [0.4, 0.5) is 0 Å². The Balaban J connectivity index is 5.23. The number of esters is 4. The summed E-state index contributed by atoms with van der Waals surface area (Å²) >= 11 is 0. The molecular weight excluding hydrogens is 1340 g/mol. The molecule has 612 valence electrons. The summed E-state index contributed by atoms with van der Waals surface area (Å²) in [6, 6.07) is 0. The van der Waals surface area contributed by atoms with Gasteiger partial charge in [-0.2, -0.15) is 0 Å². The second kappa shape index (κ2) is 76.8. The molecule has 0 heterocycles. The van der Waals surface area contributed by atoms with Gasteiger partial charge in [0.05, 0.1) is 26.4 Å². The van der Waals surface area contributed by atoms with Crippen LogP contribution < -0.4 is 0 Å². The van der Waals surface area contributed by atoms with Gasteiger partial charge < -0.3 is 33.8 Å². The van der Waals surface area contributed by atoms with Gasteiger partial charge >= 0.3 is 39.5 Å². The molecule has 0 aromatic rings. The molecule has 0 radical (unpaired) electrons. The second-order valence-electron chi connectivity index (χ2n) is 30.5. The van der Waals surface area contributed by atoms with Gasteiger partial charge in [-0.05, 0) is 31.6 Å². The third-order valence-corrected chi connectivity index (χ3v) is 22.0. The molecule has 0 aliphatic carbocycles. The number of rotatable bonds is 84. The number of aliphatic hydroxyl groups excluding tert-OH is 1. The molecule has 0 fully saturated rings. The van der Waals surface area contributed by atoms with E-state index in [9.17, 15) is 43.2 Å². The van der Waals surface area contributed by atoms with Crippen molar-refractivity contribution >= 4 is 39.5 Å². The van der Waals surface area contributed by atoms with Crippen LogP contribution in [-0.2, 0) is 65.4 Å². The molecule has 0 saturated heterocycles. The molecular formula is C84H164O17P2. The Morgan fingerprint density at radius 1 is 0.272 bits per heavy atom. The van der Waals surface area contributed by atoms with Crippen molar-refractivity contribution in [1.29, 1.82) is 0 Å². The van der Waals surface area contributed by atoms with E-state index in [2.05, 4.69) is 34.6 Å². The quantitative estimate of drug-likeness (QED) is 0.0222. The maximum atomic E-state index is 13.1. The summed E-state index contributed by atoms with van der Waals surface area (Å²) in [6.45, 7) is 7.32. The summed E-state index contributed by atoms with van der Waals surface area (Å²) in [4.78, 5) is 73.1. The molecule has 6 atom stereocenters. The zero-order valence-corrected chi connectivity index (χ0v) is 69.3. The maximum Gasteiger partial charge on any atom is 0.472 e. The number of carbonyl (C=O) groups is 4. The fourth-order valence-corrected chi connectivity index (χ4v) is 14.7. The van der Waals surface area contributed by atoms with E-state index in [-0.39, 0.29) is 25.7 Å². The highest BCUT2D eigenvalue weighted by Crippen LogP contribution is 2.45. The lowest BCUT2D eigenvalue weighted by Gasteiger charge is -2.21. The van der Waals surface area contributed by atoms with Crippen LogP contribution in [0.1, 0.15) is 452 Å². The van der Waals surface area contributed by atoms with Crippen molar-refractivity contribution in [2.24, 2.45) is 5.92 Å².